The molecule has 0 saturated carbocycles. The van der Waals surface area contributed by atoms with Gasteiger partial charge in [-0.25, -0.2) is 13.9 Å². The number of nitrogen functional groups attached to an aromatic ring is 1. The molecule has 3 N–H and O–H groups in total. The van der Waals surface area contributed by atoms with Gasteiger partial charge in [-0.05, 0) is 18.2 Å². The van der Waals surface area contributed by atoms with Crippen LogP contribution < -0.4 is 10.8 Å². The van der Waals surface area contributed by atoms with E-state index < -0.39 is 11.8 Å². The number of nitrogens with one attached hydrogen (secondary N) is 1. The monoisotopic (exact) mass is 325 g/mol. The Morgan fingerprint density at radius 1 is 1.59 bits per heavy atom. The zero-order valence-corrected chi connectivity index (χ0v) is 12.3. The number of carbonyl (C=O) groups excluding carboxylic acids is 1. The largest absolute Gasteiger partial charge is 0.396 e. The summed E-state index contributed by atoms with van der Waals surface area (Å²) in [7, 11) is 0. The molecule has 116 valence electrons. The Balaban J connectivity index is 2.39. The molecule has 0 atom stereocenters. The highest BCUT2D eigenvalue weighted by atomic mass is 35.5. The summed E-state index contributed by atoms with van der Waals surface area (Å²) in [5, 5.41) is 12.7. The fraction of sp³-hybridized carbons (Fsp3) is 0.154. The molecule has 1 aromatic heterocycles. The van der Waals surface area contributed by atoms with Gasteiger partial charge in [0.1, 0.15) is 5.82 Å². The fourth-order valence-electron chi connectivity index (χ4n) is 1.54. The van der Waals surface area contributed by atoms with Crippen molar-refractivity contribution >= 4 is 34.9 Å². The molecular formula is C13H13ClFN5O2. The van der Waals surface area contributed by atoms with Crippen LogP contribution >= 0.6 is 11.6 Å². The first-order chi connectivity index (χ1) is 10.4. The van der Waals surface area contributed by atoms with Crippen molar-refractivity contribution in [2.45, 2.75) is 13.3 Å². The average molecular weight is 326 g/mol. The molecule has 1 heterocycles. The van der Waals surface area contributed by atoms with Crippen molar-refractivity contribution in [1.82, 2.24) is 9.78 Å². The van der Waals surface area contributed by atoms with E-state index in [0.29, 0.717) is 5.69 Å². The van der Waals surface area contributed by atoms with Gasteiger partial charge in [0.05, 0.1) is 28.8 Å². The summed E-state index contributed by atoms with van der Waals surface area (Å²) in [5.74, 6) is -1.51. The first-order valence-corrected chi connectivity index (χ1v) is 6.65. The second-order valence-electron chi connectivity index (χ2n) is 4.25. The van der Waals surface area contributed by atoms with E-state index >= 15 is 0 Å². The van der Waals surface area contributed by atoms with E-state index in [2.05, 4.69) is 5.10 Å². The molecule has 0 radical (unpaired) electrons. The van der Waals surface area contributed by atoms with Gasteiger partial charge >= 0.3 is 5.97 Å². The zero-order chi connectivity index (χ0) is 16.3. The minimum atomic E-state index is -0.623. The van der Waals surface area contributed by atoms with Crippen molar-refractivity contribution in [2.75, 3.05) is 10.8 Å². The van der Waals surface area contributed by atoms with Crippen LogP contribution in [-0.2, 0) is 9.63 Å². The molecule has 0 fully saturated rings. The normalized spacial score (nSPS) is 10.3. The highest BCUT2D eigenvalue weighted by molar-refractivity contribution is 6.31. The lowest BCUT2D eigenvalue weighted by Gasteiger charge is -2.23. The third-order valence-corrected chi connectivity index (χ3v) is 2.92. The third kappa shape index (κ3) is 3.34. The molecule has 22 heavy (non-hydrogen) atoms. The second kappa shape index (κ2) is 6.44. The van der Waals surface area contributed by atoms with Crippen LogP contribution in [0.4, 0.5) is 15.8 Å². The summed E-state index contributed by atoms with van der Waals surface area (Å²) in [5.41, 5.74) is 6.09. The lowest BCUT2D eigenvalue weighted by molar-refractivity contribution is -0.143. The first-order valence-electron chi connectivity index (χ1n) is 6.27. The molecule has 0 aliphatic heterocycles. The molecule has 2 rings (SSSR count). The predicted molar refractivity (Wildman–Crippen MR) is 80.0 cm³/mol. The summed E-state index contributed by atoms with van der Waals surface area (Å²) in [6.45, 7) is 1.60. The molecule has 0 unspecified atom stereocenters. The summed E-state index contributed by atoms with van der Waals surface area (Å²) in [4.78, 5) is 16.7. The fourth-order valence-corrected chi connectivity index (χ4v) is 1.72. The number of rotatable bonds is 2. The Hall–Kier alpha value is -2.61. The van der Waals surface area contributed by atoms with Crippen LogP contribution in [0.25, 0.3) is 0 Å². The van der Waals surface area contributed by atoms with Crippen LogP contribution in [0.15, 0.2) is 30.6 Å². The standard InChI is InChI=1S/C13H13ClFN5O2/c1-2-12(21)22-20(9-3-4-11(15)10(14)5-9)13(17)19-7-8(16)6-18-19/h3-7,17H,2,16H2,1H3. The Morgan fingerprint density at radius 3 is 2.86 bits per heavy atom. The summed E-state index contributed by atoms with van der Waals surface area (Å²) in [6, 6.07) is 3.67. The number of halogens is 2. The van der Waals surface area contributed by atoms with E-state index in [4.69, 9.17) is 27.6 Å². The molecule has 7 nitrogen and oxygen atoms in total. The number of hydroxylamine groups is 1. The van der Waals surface area contributed by atoms with Crippen LogP contribution in [0.2, 0.25) is 5.02 Å². The molecule has 0 aliphatic carbocycles. The number of aromatic nitrogens is 2. The molecule has 2 aromatic rings. The van der Waals surface area contributed by atoms with Gasteiger partial charge in [-0.1, -0.05) is 18.5 Å². The molecule has 0 spiro atoms. The highest BCUT2D eigenvalue weighted by Crippen LogP contribution is 2.23. The molecule has 0 aliphatic rings. The number of nitrogens with two attached hydrogens (primary N) is 1. The number of hydrogen-bond acceptors (Lipinski definition) is 5. The van der Waals surface area contributed by atoms with Gasteiger partial charge in [-0.15, -0.1) is 5.06 Å². The molecular weight excluding hydrogens is 313 g/mol. The van der Waals surface area contributed by atoms with E-state index in [-0.39, 0.29) is 23.1 Å². The van der Waals surface area contributed by atoms with Crippen LogP contribution in [0.3, 0.4) is 0 Å². The van der Waals surface area contributed by atoms with Crippen molar-refractivity contribution in [3.8, 4) is 0 Å². The molecule has 0 amide bonds. The topological polar surface area (TPSA) is 97.2 Å². The lowest BCUT2D eigenvalue weighted by atomic mass is 10.3. The minimum Gasteiger partial charge on any atom is -0.396 e. The van der Waals surface area contributed by atoms with E-state index in [9.17, 15) is 9.18 Å². The number of nitrogens with zero attached hydrogens (tertiary/aromatic N) is 3. The molecule has 9 heteroatoms. The maximum atomic E-state index is 13.3. The predicted octanol–water partition coefficient (Wildman–Crippen LogP) is 2.42. The van der Waals surface area contributed by atoms with Crippen LogP contribution in [0.1, 0.15) is 13.3 Å². The van der Waals surface area contributed by atoms with E-state index in [1.807, 2.05) is 0 Å². The maximum absolute atomic E-state index is 13.3. The van der Waals surface area contributed by atoms with E-state index in [1.54, 1.807) is 6.92 Å². The SMILES string of the molecule is CCC(=O)ON(C(=N)n1cc(N)cn1)c1ccc(F)c(Cl)c1. The van der Waals surface area contributed by atoms with E-state index in [1.165, 1.54) is 24.5 Å². The van der Waals surface area contributed by atoms with Gasteiger partial charge in [0, 0.05) is 6.42 Å². The molecule has 0 bridgehead atoms. The minimum absolute atomic E-state index is 0.0972. The summed E-state index contributed by atoms with van der Waals surface area (Å²) < 4.78 is 14.4. The smallest absolute Gasteiger partial charge is 0.332 e. The van der Waals surface area contributed by atoms with Crippen LogP contribution in [-0.4, -0.2) is 21.7 Å². The maximum Gasteiger partial charge on any atom is 0.332 e. The first kappa shape index (κ1) is 15.8. The van der Waals surface area contributed by atoms with Crippen molar-refractivity contribution in [1.29, 1.82) is 5.41 Å². The summed E-state index contributed by atoms with van der Waals surface area (Å²) in [6.07, 6.45) is 2.81. The second-order valence-corrected chi connectivity index (χ2v) is 4.66. The van der Waals surface area contributed by atoms with Crippen molar-refractivity contribution in [3.05, 3.63) is 41.4 Å². The Labute approximate surface area is 130 Å². The van der Waals surface area contributed by atoms with Gasteiger partial charge in [0.15, 0.2) is 0 Å². The van der Waals surface area contributed by atoms with Gasteiger partial charge in [0.2, 0.25) is 0 Å². The van der Waals surface area contributed by atoms with Gasteiger partial charge < -0.3 is 10.6 Å². The third-order valence-electron chi connectivity index (χ3n) is 2.63. The quantitative estimate of drug-likeness (QED) is 0.502. The Kier molecular flexibility index (Phi) is 4.62. The number of hydrogen-bond donors (Lipinski definition) is 2. The van der Waals surface area contributed by atoms with Gasteiger partial charge in [0.25, 0.3) is 5.96 Å². The average Bonchev–Trinajstić information content (AvgIpc) is 2.93. The van der Waals surface area contributed by atoms with E-state index in [0.717, 1.165) is 15.8 Å². The number of anilines is 2. The zero-order valence-electron chi connectivity index (χ0n) is 11.6. The highest BCUT2D eigenvalue weighted by Gasteiger charge is 2.20. The van der Waals surface area contributed by atoms with Gasteiger partial charge in [-0.2, -0.15) is 5.10 Å². The Bertz CT molecular complexity index is 718. The van der Waals surface area contributed by atoms with Crippen LogP contribution in [0.5, 0.6) is 0 Å². The number of carbonyl (C=O) groups is 1. The molecule has 0 saturated heterocycles. The lowest BCUT2D eigenvalue weighted by Crippen LogP contribution is -2.37. The summed E-state index contributed by atoms with van der Waals surface area (Å²) >= 11 is 5.73. The van der Waals surface area contributed by atoms with Gasteiger partial charge in [-0.3, -0.25) is 5.41 Å². The van der Waals surface area contributed by atoms with Crippen molar-refractivity contribution in [2.24, 2.45) is 0 Å². The van der Waals surface area contributed by atoms with Crippen molar-refractivity contribution < 1.29 is 14.0 Å². The molecule has 1 aromatic carbocycles. The number of benzene rings is 1. The van der Waals surface area contributed by atoms with Crippen LogP contribution in [0, 0.1) is 11.2 Å². The Morgan fingerprint density at radius 2 is 2.32 bits per heavy atom. The van der Waals surface area contributed by atoms with Crippen molar-refractivity contribution in [3.63, 3.8) is 0 Å².